The van der Waals surface area contributed by atoms with E-state index in [1.807, 2.05) is 12.1 Å². The van der Waals surface area contributed by atoms with Crippen molar-refractivity contribution in [3.05, 3.63) is 60.2 Å². The Hall–Kier alpha value is -2.62. The molecular formula is C21H24N4. The van der Waals surface area contributed by atoms with Crippen molar-refractivity contribution < 1.29 is 0 Å². The van der Waals surface area contributed by atoms with Gasteiger partial charge in [0.2, 0.25) is 0 Å². The molecule has 4 rings (SSSR count). The van der Waals surface area contributed by atoms with E-state index in [2.05, 4.69) is 73.5 Å². The SMILES string of the molecule is CC(Cc1nc2ccccc2n1C)C(C)c1nc2ccccc2n1C. The predicted molar refractivity (Wildman–Crippen MR) is 103 cm³/mol. The van der Waals surface area contributed by atoms with Gasteiger partial charge < -0.3 is 9.13 Å². The monoisotopic (exact) mass is 332 g/mol. The van der Waals surface area contributed by atoms with E-state index in [1.165, 1.54) is 11.0 Å². The normalized spacial score (nSPS) is 14.2. The highest BCUT2D eigenvalue weighted by Crippen LogP contribution is 2.29. The molecule has 2 atom stereocenters. The Labute approximate surface area is 148 Å². The van der Waals surface area contributed by atoms with Crippen LogP contribution >= 0.6 is 0 Å². The number of para-hydroxylation sites is 4. The average Bonchev–Trinajstić information content (AvgIpc) is 3.13. The molecule has 2 unspecified atom stereocenters. The highest BCUT2D eigenvalue weighted by atomic mass is 15.1. The number of benzene rings is 2. The Balaban J connectivity index is 1.64. The molecule has 0 saturated heterocycles. The maximum atomic E-state index is 4.88. The summed E-state index contributed by atoms with van der Waals surface area (Å²) in [5, 5.41) is 0. The Bertz CT molecular complexity index is 1040. The number of hydrogen-bond acceptors (Lipinski definition) is 2. The topological polar surface area (TPSA) is 35.6 Å². The van der Waals surface area contributed by atoms with Gasteiger partial charge in [-0.1, -0.05) is 38.1 Å². The molecule has 4 aromatic rings. The van der Waals surface area contributed by atoms with Crippen LogP contribution < -0.4 is 0 Å². The first kappa shape index (κ1) is 15.9. The molecule has 2 aromatic heterocycles. The van der Waals surface area contributed by atoms with E-state index >= 15 is 0 Å². The van der Waals surface area contributed by atoms with Crippen molar-refractivity contribution >= 4 is 22.1 Å². The van der Waals surface area contributed by atoms with E-state index in [0.29, 0.717) is 11.8 Å². The zero-order valence-corrected chi connectivity index (χ0v) is 15.3. The third-order valence-electron chi connectivity index (χ3n) is 5.47. The minimum Gasteiger partial charge on any atom is -0.331 e. The zero-order chi connectivity index (χ0) is 17.6. The minimum atomic E-state index is 0.359. The van der Waals surface area contributed by atoms with E-state index in [9.17, 15) is 0 Å². The first-order chi connectivity index (χ1) is 12.1. The van der Waals surface area contributed by atoms with Crippen LogP contribution in [0.15, 0.2) is 48.5 Å². The maximum absolute atomic E-state index is 4.88. The Morgan fingerprint density at radius 2 is 1.36 bits per heavy atom. The number of aryl methyl sites for hydroxylation is 2. The number of nitrogens with zero attached hydrogens (tertiary/aromatic N) is 4. The van der Waals surface area contributed by atoms with Crippen molar-refractivity contribution in [1.29, 1.82) is 0 Å². The molecule has 25 heavy (non-hydrogen) atoms. The molecule has 2 heterocycles. The molecule has 0 aliphatic rings. The summed E-state index contributed by atoms with van der Waals surface area (Å²) in [6.07, 6.45) is 0.940. The van der Waals surface area contributed by atoms with Crippen molar-refractivity contribution in [2.75, 3.05) is 0 Å². The van der Waals surface area contributed by atoms with Gasteiger partial charge in [0.05, 0.1) is 22.1 Å². The van der Waals surface area contributed by atoms with Gasteiger partial charge in [0.15, 0.2) is 0 Å². The van der Waals surface area contributed by atoms with Gasteiger partial charge >= 0.3 is 0 Å². The average molecular weight is 332 g/mol. The molecular weight excluding hydrogens is 308 g/mol. The van der Waals surface area contributed by atoms with Crippen LogP contribution in [0.5, 0.6) is 0 Å². The number of imidazole rings is 2. The number of hydrogen-bond donors (Lipinski definition) is 0. The van der Waals surface area contributed by atoms with Crippen molar-refractivity contribution in [2.24, 2.45) is 20.0 Å². The minimum absolute atomic E-state index is 0.359. The van der Waals surface area contributed by atoms with Gasteiger partial charge in [0.1, 0.15) is 11.6 Å². The van der Waals surface area contributed by atoms with Gasteiger partial charge in [-0.2, -0.15) is 0 Å². The van der Waals surface area contributed by atoms with Crippen molar-refractivity contribution in [3.63, 3.8) is 0 Å². The summed E-state index contributed by atoms with van der Waals surface area (Å²) < 4.78 is 4.44. The van der Waals surface area contributed by atoms with Crippen LogP contribution in [0.25, 0.3) is 22.1 Å². The van der Waals surface area contributed by atoms with E-state index in [4.69, 9.17) is 9.97 Å². The second-order valence-electron chi connectivity index (χ2n) is 7.06. The quantitative estimate of drug-likeness (QED) is 0.554. The summed E-state index contributed by atoms with van der Waals surface area (Å²) in [6.45, 7) is 4.57. The van der Waals surface area contributed by atoms with Crippen LogP contribution in [0.2, 0.25) is 0 Å². The molecule has 0 aliphatic heterocycles. The molecule has 0 spiro atoms. The zero-order valence-electron chi connectivity index (χ0n) is 15.3. The lowest BCUT2D eigenvalue weighted by Crippen LogP contribution is -2.15. The number of fused-ring (bicyclic) bond motifs is 2. The highest BCUT2D eigenvalue weighted by Gasteiger charge is 2.22. The van der Waals surface area contributed by atoms with Crippen LogP contribution in [0.1, 0.15) is 31.4 Å². The Morgan fingerprint density at radius 1 is 0.800 bits per heavy atom. The smallest absolute Gasteiger partial charge is 0.112 e. The fourth-order valence-electron chi connectivity index (χ4n) is 3.67. The molecule has 4 heteroatoms. The molecule has 0 N–H and O–H groups in total. The van der Waals surface area contributed by atoms with Crippen molar-refractivity contribution in [3.8, 4) is 0 Å². The summed E-state index contributed by atoms with van der Waals surface area (Å²) in [5.74, 6) is 3.09. The summed E-state index contributed by atoms with van der Waals surface area (Å²) >= 11 is 0. The second kappa shape index (κ2) is 6.03. The molecule has 0 amide bonds. The predicted octanol–water partition coefficient (Wildman–Crippen LogP) is 4.44. The lowest BCUT2D eigenvalue weighted by atomic mass is 9.91. The fourth-order valence-corrected chi connectivity index (χ4v) is 3.67. The van der Waals surface area contributed by atoms with Crippen LogP contribution in [0.3, 0.4) is 0 Å². The third-order valence-corrected chi connectivity index (χ3v) is 5.47. The van der Waals surface area contributed by atoms with Crippen molar-refractivity contribution in [1.82, 2.24) is 19.1 Å². The molecule has 0 fully saturated rings. The maximum Gasteiger partial charge on any atom is 0.112 e. The van der Waals surface area contributed by atoms with Crippen LogP contribution in [-0.4, -0.2) is 19.1 Å². The summed E-state index contributed by atoms with van der Waals surface area (Å²) in [7, 11) is 4.22. The van der Waals surface area contributed by atoms with Gasteiger partial charge in [-0.05, 0) is 30.2 Å². The van der Waals surface area contributed by atoms with Gasteiger partial charge in [-0.25, -0.2) is 9.97 Å². The van der Waals surface area contributed by atoms with E-state index in [1.54, 1.807) is 0 Å². The second-order valence-corrected chi connectivity index (χ2v) is 7.06. The molecule has 128 valence electrons. The van der Waals surface area contributed by atoms with E-state index < -0.39 is 0 Å². The van der Waals surface area contributed by atoms with E-state index in [-0.39, 0.29) is 0 Å². The third kappa shape index (κ3) is 2.62. The Kier molecular flexibility index (Phi) is 3.83. The highest BCUT2D eigenvalue weighted by molar-refractivity contribution is 5.76. The molecule has 2 aromatic carbocycles. The number of aromatic nitrogens is 4. The summed E-state index contributed by atoms with van der Waals surface area (Å²) in [5.41, 5.74) is 4.53. The molecule has 4 nitrogen and oxygen atoms in total. The first-order valence-electron chi connectivity index (χ1n) is 8.88. The van der Waals surface area contributed by atoms with Gasteiger partial charge in [-0.15, -0.1) is 0 Å². The van der Waals surface area contributed by atoms with E-state index in [0.717, 1.165) is 29.1 Å². The Morgan fingerprint density at radius 3 is 1.96 bits per heavy atom. The molecule has 0 aliphatic carbocycles. The fraction of sp³-hybridized carbons (Fsp3) is 0.333. The number of rotatable bonds is 4. The standard InChI is InChI=1S/C21H24N4/c1-14(13-20-22-16-9-5-7-11-18(16)24(20)3)15(2)21-23-17-10-6-8-12-19(17)25(21)4/h5-12,14-15H,13H2,1-4H3. The van der Waals surface area contributed by atoms with Crippen LogP contribution in [0.4, 0.5) is 0 Å². The van der Waals surface area contributed by atoms with Gasteiger partial charge in [-0.3, -0.25) is 0 Å². The summed E-state index contributed by atoms with van der Waals surface area (Å²) in [6, 6.07) is 16.7. The lowest BCUT2D eigenvalue weighted by molar-refractivity contribution is 0.445. The summed E-state index contributed by atoms with van der Waals surface area (Å²) in [4.78, 5) is 9.71. The molecule has 0 bridgehead atoms. The first-order valence-corrected chi connectivity index (χ1v) is 8.88. The van der Waals surface area contributed by atoms with Gasteiger partial charge in [0, 0.05) is 26.4 Å². The van der Waals surface area contributed by atoms with Crippen LogP contribution in [-0.2, 0) is 20.5 Å². The molecule has 0 radical (unpaired) electrons. The van der Waals surface area contributed by atoms with Crippen LogP contribution in [0, 0.1) is 5.92 Å². The molecule has 0 saturated carbocycles. The van der Waals surface area contributed by atoms with Crippen molar-refractivity contribution in [2.45, 2.75) is 26.2 Å². The largest absolute Gasteiger partial charge is 0.331 e. The van der Waals surface area contributed by atoms with Gasteiger partial charge in [0.25, 0.3) is 0 Å². The lowest BCUT2D eigenvalue weighted by Gasteiger charge is -2.19.